The van der Waals surface area contributed by atoms with Gasteiger partial charge in [0.1, 0.15) is 18.3 Å². The smallest absolute Gasteiger partial charge is 0.274 e. The lowest BCUT2D eigenvalue weighted by Crippen LogP contribution is -2.59. The van der Waals surface area contributed by atoms with Crippen molar-refractivity contribution in [3.63, 3.8) is 0 Å². The molecule has 0 radical (unpaired) electrons. The quantitative estimate of drug-likeness (QED) is 0.0396. The number of carbonyl (C=O) groups excluding carboxylic acids is 2. The summed E-state index contributed by atoms with van der Waals surface area (Å²) in [4.78, 5) is 23.1. The standard InChI is InChI=1S/2C21H38N.C16H30O7S/c2*1-2-3-4-5-6-7-8-9-10-11-12-13-14-16-19-22-20-17-15-18-21-22;1-3-5-7-9-11-16(15(19)20,12-10-8-6-4-2)13(14(17)18)24(21,22)23/h2*15,17-18,20-21H,2-14,16,19H2,1H3;13H,3-12H2,1-2H3,(H,17,18)(H,19,20)(H,21,22,23)/q2*+1;/p-2. The Morgan fingerprint density at radius 1 is 0.412 bits per heavy atom. The second kappa shape index (κ2) is 46.5. The lowest BCUT2D eigenvalue weighted by Gasteiger charge is -2.40. The molecule has 10 heteroatoms. The van der Waals surface area contributed by atoms with Gasteiger partial charge in [0.15, 0.2) is 24.8 Å². The minimum absolute atomic E-state index is 0.181. The number of aromatic nitrogens is 2. The normalized spacial score (nSPS) is 11.9. The van der Waals surface area contributed by atoms with E-state index in [1.807, 2.05) is 13.8 Å². The number of carboxylic acid groups (broad SMARTS) is 2. The fourth-order valence-corrected chi connectivity index (χ4v) is 10.4. The van der Waals surface area contributed by atoms with Crippen LogP contribution in [0.15, 0.2) is 61.2 Å². The summed E-state index contributed by atoms with van der Waals surface area (Å²) in [5, 5.41) is 20.6. The van der Waals surface area contributed by atoms with E-state index in [1.54, 1.807) is 0 Å². The zero-order chi connectivity index (χ0) is 50.2. The molecule has 394 valence electrons. The van der Waals surface area contributed by atoms with Crippen LogP contribution in [-0.4, -0.2) is 30.2 Å². The molecule has 0 spiro atoms. The lowest BCUT2D eigenvalue weighted by atomic mass is 9.74. The Balaban J connectivity index is 0.000000991. The van der Waals surface area contributed by atoms with E-state index in [-0.39, 0.29) is 12.8 Å². The molecule has 0 bridgehead atoms. The van der Waals surface area contributed by atoms with Crippen molar-refractivity contribution in [1.82, 2.24) is 0 Å². The molecule has 1 unspecified atom stereocenters. The maximum absolute atomic E-state index is 11.8. The highest BCUT2D eigenvalue weighted by atomic mass is 32.2. The van der Waals surface area contributed by atoms with Crippen molar-refractivity contribution < 1.29 is 41.9 Å². The molecular weight excluding hydrogens is 869 g/mol. The van der Waals surface area contributed by atoms with Gasteiger partial charge in [-0.1, -0.05) is 245 Å². The summed E-state index contributed by atoms with van der Waals surface area (Å²) >= 11 is 0. The van der Waals surface area contributed by atoms with Crippen molar-refractivity contribution >= 4 is 22.1 Å². The molecule has 0 aliphatic heterocycles. The molecule has 0 aromatic carbocycles. The highest BCUT2D eigenvalue weighted by Crippen LogP contribution is 2.38. The molecule has 0 saturated heterocycles. The third-order valence-corrected chi connectivity index (χ3v) is 14.7. The fraction of sp³-hybridized carbons (Fsp3) is 0.793. The number of carbonyl (C=O) groups is 2. The average molecular weight is 974 g/mol. The maximum Gasteiger partial charge on any atom is 0.274 e. The summed E-state index contributed by atoms with van der Waals surface area (Å²) in [5.74, 6) is -3.87. The molecule has 0 amide bonds. The van der Waals surface area contributed by atoms with Crippen molar-refractivity contribution in [1.29, 1.82) is 0 Å². The molecule has 2 rings (SSSR count). The topological polar surface area (TPSA) is 142 Å². The number of aryl methyl sites for hydroxylation is 2. The van der Waals surface area contributed by atoms with Crippen molar-refractivity contribution in [2.24, 2.45) is 5.41 Å². The van der Waals surface area contributed by atoms with E-state index in [2.05, 4.69) is 84.2 Å². The highest BCUT2D eigenvalue weighted by Gasteiger charge is 2.47. The van der Waals surface area contributed by atoms with Crippen molar-refractivity contribution in [2.75, 3.05) is 0 Å². The van der Waals surface area contributed by atoms with Crippen LogP contribution in [-0.2, 0) is 32.8 Å². The highest BCUT2D eigenvalue weighted by molar-refractivity contribution is 7.87. The van der Waals surface area contributed by atoms with Gasteiger partial charge in [-0.05, 0) is 25.7 Å². The van der Waals surface area contributed by atoms with E-state index in [0.717, 1.165) is 25.7 Å². The first-order valence-corrected chi connectivity index (χ1v) is 29.8. The van der Waals surface area contributed by atoms with Gasteiger partial charge in [0.25, 0.3) is 10.1 Å². The van der Waals surface area contributed by atoms with Crippen LogP contribution in [0.2, 0.25) is 0 Å². The van der Waals surface area contributed by atoms with Crippen LogP contribution in [0.4, 0.5) is 0 Å². The predicted molar refractivity (Wildman–Crippen MR) is 279 cm³/mol. The molecule has 0 aliphatic rings. The van der Waals surface area contributed by atoms with E-state index in [0.29, 0.717) is 25.7 Å². The van der Waals surface area contributed by atoms with Crippen LogP contribution in [0.3, 0.4) is 0 Å². The SMILES string of the molecule is CCCCCCC(CCCCCC)(C(=O)[O-])C(C(=O)[O-])S(=O)(=O)O.CCCCCCCCCCCCCCCC[n+]1ccccc1.CCCCCCCCCCCCCCCC[n+]1ccccc1. The van der Waals surface area contributed by atoms with Gasteiger partial charge in [0.2, 0.25) is 0 Å². The Hall–Kier alpha value is -2.85. The number of pyridine rings is 2. The first kappa shape index (κ1) is 65.1. The summed E-state index contributed by atoms with van der Waals surface area (Å²) in [6, 6.07) is 12.6. The third kappa shape index (κ3) is 37.0. The van der Waals surface area contributed by atoms with Gasteiger partial charge in [-0.15, -0.1) is 0 Å². The van der Waals surface area contributed by atoms with Gasteiger partial charge in [0.05, 0.1) is 5.97 Å². The van der Waals surface area contributed by atoms with Crippen LogP contribution < -0.4 is 19.3 Å². The second-order valence-corrected chi connectivity index (χ2v) is 21.2. The van der Waals surface area contributed by atoms with Crippen LogP contribution >= 0.6 is 0 Å². The lowest BCUT2D eigenvalue weighted by molar-refractivity contribution is -0.697. The van der Waals surface area contributed by atoms with E-state index < -0.39 is 32.7 Å². The van der Waals surface area contributed by atoms with Crippen molar-refractivity contribution in [2.45, 2.75) is 290 Å². The van der Waals surface area contributed by atoms with Gasteiger partial charge in [-0.25, -0.2) is 9.13 Å². The number of hydrogen-bond donors (Lipinski definition) is 1. The number of carboxylic acids is 2. The molecule has 0 saturated carbocycles. The van der Waals surface area contributed by atoms with Crippen molar-refractivity contribution in [3.05, 3.63) is 61.2 Å². The molecule has 9 nitrogen and oxygen atoms in total. The van der Waals surface area contributed by atoms with Crippen LogP contribution in [0, 0.1) is 5.41 Å². The Kier molecular flexibility index (Phi) is 44.6. The minimum atomic E-state index is -5.14. The molecule has 0 aliphatic carbocycles. The third-order valence-electron chi connectivity index (χ3n) is 13.5. The number of unbranched alkanes of at least 4 members (excludes halogenated alkanes) is 32. The number of rotatable bonds is 44. The fourth-order valence-electron chi connectivity index (χ4n) is 9.21. The largest absolute Gasteiger partial charge is 0.549 e. The molecule has 0 fully saturated rings. The van der Waals surface area contributed by atoms with Crippen LogP contribution in [0.1, 0.15) is 272 Å². The molecule has 2 aromatic rings. The predicted octanol–water partition coefficient (Wildman–Crippen LogP) is 13.6. The zero-order valence-corrected chi connectivity index (χ0v) is 45.2. The van der Waals surface area contributed by atoms with E-state index in [9.17, 15) is 32.8 Å². The molecule has 1 atom stereocenters. The average Bonchev–Trinajstić information content (AvgIpc) is 3.32. The summed E-state index contributed by atoms with van der Waals surface area (Å²) in [6.45, 7) is 10.9. The van der Waals surface area contributed by atoms with Gasteiger partial charge >= 0.3 is 0 Å². The molecular formula is C58H104N2O7S. The Morgan fingerprint density at radius 3 is 0.868 bits per heavy atom. The van der Waals surface area contributed by atoms with E-state index in [4.69, 9.17) is 0 Å². The van der Waals surface area contributed by atoms with Gasteiger partial charge < -0.3 is 19.8 Å². The first-order valence-electron chi connectivity index (χ1n) is 28.3. The van der Waals surface area contributed by atoms with Gasteiger partial charge in [0, 0.05) is 48.5 Å². The van der Waals surface area contributed by atoms with Crippen LogP contribution in [0.25, 0.3) is 0 Å². The van der Waals surface area contributed by atoms with E-state index >= 15 is 0 Å². The Morgan fingerprint density at radius 2 is 0.647 bits per heavy atom. The molecule has 68 heavy (non-hydrogen) atoms. The molecule has 2 heterocycles. The summed E-state index contributed by atoms with van der Waals surface area (Å²) in [5.41, 5.74) is -2.17. The maximum atomic E-state index is 11.8. The monoisotopic (exact) mass is 973 g/mol. The Bertz CT molecular complexity index is 1430. The number of aliphatic carboxylic acids is 2. The summed E-state index contributed by atoms with van der Waals surface area (Å²) in [6.07, 6.45) is 53.9. The number of hydrogen-bond acceptors (Lipinski definition) is 6. The van der Waals surface area contributed by atoms with E-state index in [1.165, 1.54) is 193 Å². The molecule has 2 aromatic heterocycles. The van der Waals surface area contributed by atoms with Crippen molar-refractivity contribution in [3.8, 4) is 0 Å². The zero-order valence-electron chi connectivity index (χ0n) is 44.3. The molecule has 1 N–H and O–H groups in total. The van der Waals surface area contributed by atoms with Crippen LogP contribution in [0.5, 0.6) is 0 Å². The Labute approximate surface area is 418 Å². The summed E-state index contributed by atoms with van der Waals surface area (Å²) < 4.78 is 37.0. The second-order valence-electron chi connectivity index (χ2n) is 19.7. The minimum Gasteiger partial charge on any atom is -0.549 e. The number of nitrogens with zero attached hydrogens (tertiary/aromatic N) is 2. The van der Waals surface area contributed by atoms with Gasteiger partial charge in [-0.2, -0.15) is 8.42 Å². The first-order chi connectivity index (χ1) is 33.0. The van der Waals surface area contributed by atoms with Gasteiger partial charge in [-0.3, -0.25) is 4.55 Å². The summed E-state index contributed by atoms with van der Waals surface area (Å²) in [7, 11) is -5.14.